The van der Waals surface area contributed by atoms with Gasteiger partial charge in [-0.05, 0) is 56.3 Å². The number of anilines is 2. The molecular weight excluding hydrogens is 558 g/mol. The number of carbonyl (C=O) groups is 1. The first kappa shape index (κ1) is 29.4. The summed E-state index contributed by atoms with van der Waals surface area (Å²) >= 11 is 0. The molecule has 210 valence electrons. The van der Waals surface area contributed by atoms with Crippen LogP contribution in [0.25, 0.3) is 0 Å². The lowest BCUT2D eigenvalue weighted by atomic mass is 10.1. The number of ether oxygens (including phenoxy) is 2. The Morgan fingerprint density at radius 2 is 1.74 bits per heavy atom. The fourth-order valence-corrected chi connectivity index (χ4v) is 5.24. The van der Waals surface area contributed by atoms with Gasteiger partial charge in [0.05, 0.1) is 29.9 Å². The van der Waals surface area contributed by atoms with E-state index in [0.29, 0.717) is 13.8 Å². The molecule has 0 bridgehead atoms. The third-order valence-corrected chi connectivity index (χ3v) is 8.67. The van der Waals surface area contributed by atoms with Crippen LogP contribution in [0.4, 0.5) is 33.7 Å². The van der Waals surface area contributed by atoms with Gasteiger partial charge in [0, 0.05) is 12.7 Å². The third-order valence-electron chi connectivity index (χ3n) is 5.60. The van der Waals surface area contributed by atoms with Gasteiger partial charge in [0.15, 0.2) is 0 Å². The second kappa shape index (κ2) is 10.2. The molecule has 1 heterocycles. The summed E-state index contributed by atoms with van der Waals surface area (Å²) in [4.78, 5) is 11.9. The smallest absolute Gasteiger partial charge is 0.427 e. The van der Waals surface area contributed by atoms with Crippen molar-refractivity contribution in [3.63, 3.8) is 0 Å². The molecule has 10 nitrogen and oxygen atoms in total. The van der Waals surface area contributed by atoms with Crippen molar-refractivity contribution in [2.75, 3.05) is 36.0 Å². The molecule has 38 heavy (non-hydrogen) atoms. The first-order chi connectivity index (χ1) is 17.3. The maximum absolute atomic E-state index is 13.5. The average Bonchev–Trinajstić information content (AvgIpc) is 2.77. The quantitative estimate of drug-likeness (QED) is 0.495. The molecule has 2 aromatic carbocycles. The van der Waals surface area contributed by atoms with Crippen LogP contribution in [-0.4, -0.2) is 71.5 Å². The van der Waals surface area contributed by atoms with Crippen LogP contribution in [0.15, 0.2) is 47.4 Å². The summed E-state index contributed by atoms with van der Waals surface area (Å²) in [7, 11) is -6.71. The van der Waals surface area contributed by atoms with E-state index in [-0.39, 0.29) is 35.1 Å². The van der Waals surface area contributed by atoms with E-state index in [0.717, 1.165) is 45.2 Å². The summed E-state index contributed by atoms with van der Waals surface area (Å²) in [6.45, 7) is 0.740. The fourth-order valence-electron chi connectivity index (χ4n) is 3.30. The van der Waals surface area contributed by atoms with E-state index >= 15 is 0 Å². The minimum absolute atomic E-state index is 0.0108. The number of hydrogen-bond acceptors (Lipinski definition) is 7. The molecule has 0 spiro atoms. The van der Waals surface area contributed by atoms with Crippen molar-refractivity contribution < 1.29 is 48.7 Å². The third kappa shape index (κ3) is 6.47. The Hall–Kier alpha value is -3.11. The lowest BCUT2D eigenvalue weighted by Crippen LogP contribution is -2.48. The summed E-state index contributed by atoms with van der Waals surface area (Å²) in [5.74, 6) is -0.686. The molecule has 0 fully saturated rings. The molecule has 1 atom stereocenters. The summed E-state index contributed by atoms with van der Waals surface area (Å²) in [6.07, 6.45) is -6.28. The molecule has 3 rings (SSSR count). The number of hydrogen-bond donors (Lipinski definition) is 1. The maximum atomic E-state index is 13.5. The fraction of sp³-hybridized carbons (Fsp3) is 0.409. The lowest BCUT2D eigenvalue weighted by molar-refractivity contribution is -0.242. The van der Waals surface area contributed by atoms with Crippen molar-refractivity contribution >= 4 is 37.5 Å². The van der Waals surface area contributed by atoms with Gasteiger partial charge in [-0.25, -0.2) is 30.3 Å². The summed E-state index contributed by atoms with van der Waals surface area (Å²) < 4.78 is 116. The van der Waals surface area contributed by atoms with Crippen LogP contribution < -0.4 is 14.4 Å². The van der Waals surface area contributed by atoms with Crippen molar-refractivity contribution in [1.82, 2.24) is 4.31 Å². The minimum atomic E-state index is -4.85. The molecule has 1 amide bonds. The molecular formula is C22H25F4N3O7S2. The molecule has 1 aliphatic rings. The zero-order chi connectivity index (χ0) is 28.7. The van der Waals surface area contributed by atoms with Gasteiger partial charge in [0.2, 0.25) is 15.6 Å². The van der Waals surface area contributed by atoms with E-state index in [4.69, 9.17) is 4.74 Å². The van der Waals surface area contributed by atoms with Crippen molar-refractivity contribution in [3.05, 3.63) is 48.3 Å². The molecule has 1 aliphatic heterocycles. The Bertz CT molecular complexity index is 1410. The predicted molar refractivity (Wildman–Crippen MR) is 130 cm³/mol. The highest BCUT2D eigenvalue weighted by Crippen LogP contribution is 2.39. The molecule has 16 heteroatoms. The minimum Gasteiger partial charge on any atom is -0.485 e. The number of likely N-dealkylation sites (N-methyl/N-ethyl adjacent to an activating group) is 1. The monoisotopic (exact) mass is 583 g/mol. The second-order valence-corrected chi connectivity index (χ2v) is 12.9. The number of rotatable bonds is 7. The normalized spacial score (nSPS) is 16.6. The topological polar surface area (TPSA) is 122 Å². The summed E-state index contributed by atoms with van der Waals surface area (Å²) in [5, 5.41) is 2.13. The van der Waals surface area contributed by atoms with Gasteiger partial charge >= 0.3 is 12.3 Å². The zero-order valence-corrected chi connectivity index (χ0v) is 22.2. The van der Waals surface area contributed by atoms with Crippen LogP contribution in [0, 0.1) is 5.82 Å². The molecule has 0 unspecified atom stereocenters. The molecule has 1 N–H and O–H groups in total. The van der Waals surface area contributed by atoms with Gasteiger partial charge < -0.3 is 9.47 Å². The highest BCUT2D eigenvalue weighted by molar-refractivity contribution is 7.92. The van der Waals surface area contributed by atoms with Crippen LogP contribution >= 0.6 is 0 Å². The Morgan fingerprint density at radius 3 is 2.29 bits per heavy atom. The predicted octanol–water partition coefficient (Wildman–Crippen LogP) is 3.56. The highest BCUT2D eigenvalue weighted by Gasteiger charge is 2.51. The number of amides is 1. The number of nitrogens with zero attached hydrogens (tertiary/aromatic N) is 2. The molecule has 0 radical (unpaired) electrons. The van der Waals surface area contributed by atoms with E-state index in [1.54, 1.807) is 0 Å². The Morgan fingerprint density at radius 1 is 1.13 bits per heavy atom. The van der Waals surface area contributed by atoms with Gasteiger partial charge in [0.1, 0.15) is 17.7 Å². The Labute approximate surface area is 217 Å². The molecule has 0 saturated heterocycles. The average molecular weight is 584 g/mol. The standard InChI is InChI=1S/C22H25F4N3O7S2/c1-21(2,22(24,25)26)36-20(30)27-15-7-10-19-18(11-15)29(13-16(35-19)12-28(3)37(4,31)32)38(33,34)17-8-5-14(23)6-9-17/h5-11,16H,12-13H2,1-4H3,(H,27,30)/t16-/m0/s1. The van der Waals surface area contributed by atoms with Crippen LogP contribution in [0.5, 0.6) is 5.75 Å². The van der Waals surface area contributed by atoms with E-state index in [1.165, 1.54) is 19.2 Å². The maximum Gasteiger partial charge on any atom is 0.427 e. The Kier molecular flexibility index (Phi) is 7.92. The van der Waals surface area contributed by atoms with Crippen LogP contribution in [0.3, 0.4) is 0 Å². The second-order valence-electron chi connectivity index (χ2n) is 8.98. The number of halogens is 4. The van der Waals surface area contributed by atoms with Crippen molar-refractivity contribution in [2.24, 2.45) is 0 Å². The molecule has 2 aromatic rings. The number of sulfonamides is 2. The molecule has 0 aliphatic carbocycles. The number of nitrogens with one attached hydrogen (secondary N) is 1. The SMILES string of the molecule is CN(C[C@H]1CN(S(=O)(=O)c2ccc(F)cc2)c2cc(NC(=O)OC(C)(C)C(F)(F)F)ccc2O1)S(C)(=O)=O. The highest BCUT2D eigenvalue weighted by atomic mass is 32.2. The summed E-state index contributed by atoms with van der Waals surface area (Å²) in [6, 6.07) is 7.62. The van der Waals surface area contributed by atoms with Gasteiger partial charge in [-0.2, -0.15) is 13.2 Å². The summed E-state index contributed by atoms with van der Waals surface area (Å²) in [5.41, 5.74) is -3.01. The van der Waals surface area contributed by atoms with E-state index in [9.17, 15) is 39.2 Å². The van der Waals surface area contributed by atoms with Gasteiger partial charge in [-0.1, -0.05) is 0 Å². The Balaban J connectivity index is 1.98. The van der Waals surface area contributed by atoms with E-state index < -0.39 is 49.8 Å². The van der Waals surface area contributed by atoms with Crippen molar-refractivity contribution in [2.45, 2.75) is 36.6 Å². The van der Waals surface area contributed by atoms with Crippen LogP contribution in [0.1, 0.15) is 13.8 Å². The lowest BCUT2D eigenvalue weighted by Gasteiger charge is -2.36. The van der Waals surface area contributed by atoms with Crippen LogP contribution in [0.2, 0.25) is 0 Å². The zero-order valence-electron chi connectivity index (χ0n) is 20.6. The molecule has 0 aromatic heterocycles. The molecule has 0 saturated carbocycles. The van der Waals surface area contributed by atoms with Gasteiger partial charge in [-0.3, -0.25) is 9.62 Å². The van der Waals surface area contributed by atoms with E-state index in [2.05, 4.69) is 10.1 Å². The van der Waals surface area contributed by atoms with Crippen LogP contribution in [-0.2, 0) is 24.8 Å². The number of carbonyl (C=O) groups excluding carboxylic acids is 1. The van der Waals surface area contributed by atoms with Crippen molar-refractivity contribution in [1.29, 1.82) is 0 Å². The largest absolute Gasteiger partial charge is 0.485 e. The van der Waals surface area contributed by atoms with Crippen molar-refractivity contribution in [3.8, 4) is 5.75 Å². The first-order valence-electron chi connectivity index (χ1n) is 10.9. The number of alkyl halides is 3. The van der Waals surface area contributed by atoms with Gasteiger partial charge in [-0.15, -0.1) is 0 Å². The van der Waals surface area contributed by atoms with E-state index in [1.807, 2.05) is 0 Å². The first-order valence-corrected chi connectivity index (χ1v) is 14.2. The number of benzene rings is 2. The van der Waals surface area contributed by atoms with Gasteiger partial charge in [0.25, 0.3) is 10.0 Å². The number of fused-ring (bicyclic) bond motifs is 1.